The lowest BCUT2D eigenvalue weighted by atomic mass is 9.61. The molecule has 0 bridgehead atoms. The molecule has 2 aromatic carbocycles. The molecule has 4 rings (SSSR count). The molecule has 0 radical (unpaired) electrons. The van der Waals surface area contributed by atoms with E-state index in [1.807, 2.05) is 0 Å². The van der Waals surface area contributed by atoms with Gasteiger partial charge in [0, 0.05) is 0 Å². The van der Waals surface area contributed by atoms with Crippen LogP contribution in [0.3, 0.4) is 0 Å². The van der Waals surface area contributed by atoms with Gasteiger partial charge in [0.25, 0.3) is 0 Å². The summed E-state index contributed by atoms with van der Waals surface area (Å²) in [4.78, 5) is 0. The van der Waals surface area contributed by atoms with Crippen LogP contribution in [0.2, 0.25) is 0 Å². The average molecular weight is 459 g/mol. The Hall–Kier alpha value is -1.56. The Labute approximate surface area is 211 Å². The molecule has 0 heteroatoms. The number of unbranched alkanes of at least 4 members (excludes halogenated alkanes) is 2. The van der Waals surface area contributed by atoms with Crippen LogP contribution in [-0.2, 0) is 24.7 Å². The first-order chi connectivity index (χ1) is 16.2. The summed E-state index contributed by atoms with van der Waals surface area (Å²) in [5.41, 5.74) is 11.1. The Morgan fingerprint density at radius 3 is 2.32 bits per heavy atom. The minimum atomic E-state index is 0.199. The molecule has 0 nitrogen and oxygen atoms in total. The maximum Gasteiger partial charge on any atom is -0.00568 e. The molecule has 1 saturated carbocycles. The number of aryl methyl sites for hydroxylation is 2. The summed E-state index contributed by atoms with van der Waals surface area (Å²) in [6, 6.07) is 12.5. The highest BCUT2D eigenvalue weighted by Gasteiger charge is 2.38. The summed E-state index contributed by atoms with van der Waals surface area (Å²) in [5.74, 6) is 4.16. The first-order valence-electron chi connectivity index (χ1n) is 14.4. The summed E-state index contributed by atoms with van der Waals surface area (Å²) in [6.45, 7) is 19.5. The third kappa shape index (κ3) is 4.89. The van der Waals surface area contributed by atoms with E-state index < -0.39 is 0 Å². The molecule has 0 spiro atoms. The van der Waals surface area contributed by atoms with Gasteiger partial charge < -0.3 is 0 Å². The highest BCUT2D eigenvalue weighted by atomic mass is 14.4. The summed E-state index contributed by atoms with van der Waals surface area (Å²) in [5, 5.41) is 0. The first kappa shape index (κ1) is 25.5. The van der Waals surface area contributed by atoms with Gasteiger partial charge in [-0.05, 0) is 107 Å². The quantitative estimate of drug-likeness (QED) is 0.362. The van der Waals surface area contributed by atoms with Crippen molar-refractivity contribution < 1.29 is 0 Å². The predicted molar refractivity (Wildman–Crippen MR) is 150 cm³/mol. The normalized spacial score (nSPS) is 27.8. The Kier molecular flexibility index (Phi) is 7.66. The van der Waals surface area contributed by atoms with Crippen LogP contribution in [0.5, 0.6) is 0 Å². The van der Waals surface area contributed by atoms with E-state index in [9.17, 15) is 0 Å². The molecule has 5 unspecified atom stereocenters. The molecule has 0 aliphatic heterocycles. The lowest BCUT2D eigenvalue weighted by Crippen LogP contribution is -2.37. The van der Waals surface area contributed by atoms with Crippen molar-refractivity contribution in [1.82, 2.24) is 0 Å². The molecule has 5 atom stereocenters. The molecule has 0 saturated heterocycles. The second-order valence-corrected chi connectivity index (χ2v) is 12.8. The molecule has 34 heavy (non-hydrogen) atoms. The minimum absolute atomic E-state index is 0.199. The fourth-order valence-corrected chi connectivity index (χ4v) is 7.48. The molecule has 1 fully saturated rings. The zero-order valence-corrected chi connectivity index (χ0v) is 23.4. The van der Waals surface area contributed by atoms with Gasteiger partial charge in [-0.1, -0.05) is 104 Å². The molecule has 2 aromatic rings. The van der Waals surface area contributed by atoms with Crippen LogP contribution in [0, 0.1) is 36.5 Å². The predicted octanol–water partition coefficient (Wildman–Crippen LogP) is 9.73. The number of benzene rings is 2. The van der Waals surface area contributed by atoms with E-state index in [1.165, 1.54) is 56.1 Å². The smallest absolute Gasteiger partial charge is 0.00568 e. The van der Waals surface area contributed by atoms with E-state index >= 15 is 0 Å². The van der Waals surface area contributed by atoms with Crippen molar-refractivity contribution in [2.24, 2.45) is 29.6 Å². The molecule has 0 aromatic heterocycles. The van der Waals surface area contributed by atoms with Gasteiger partial charge in [-0.25, -0.2) is 0 Å². The van der Waals surface area contributed by atoms with Crippen LogP contribution in [-0.4, -0.2) is 0 Å². The highest BCUT2D eigenvalue weighted by Crippen LogP contribution is 2.49. The maximum atomic E-state index is 2.63. The van der Waals surface area contributed by atoms with Crippen LogP contribution >= 0.6 is 0 Å². The monoisotopic (exact) mass is 458 g/mol. The lowest BCUT2D eigenvalue weighted by molar-refractivity contribution is 0.0647. The SMILES string of the molecule is CCCCCc1cc(CC2CC(CC)C(C)C(C)C2C)c2c(c1)CC(C)(C)c1ccc(C)cc1-2. The number of rotatable bonds is 7. The largest absolute Gasteiger partial charge is 0.0654 e. The fourth-order valence-electron chi connectivity index (χ4n) is 7.48. The summed E-state index contributed by atoms with van der Waals surface area (Å²) in [6.07, 6.45) is 10.4. The minimum Gasteiger partial charge on any atom is -0.0654 e. The average Bonchev–Trinajstić information content (AvgIpc) is 2.78. The Morgan fingerprint density at radius 2 is 1.62 bits per heavy atom. The zero-order chi connectivity index (χ0) is 24.6. The van der Waals surface area contributed by atoms with Crippen molar-refractivity contribution in [3.8, 4) is 11.1 Å². The third-order valence-electron chi connectivity index (χ3n) is 9.99. The van der Waals surface area contributed by atoms with E-state index in [0.717, 1.165) is 36.0 Å². The van der Waals surface area contributed by atoms with Gasteiger partial charge in [0.1, 0.15) is 0 Å². The van der Waals surface area contributed by atoms with E-state index in [2.05, 4.69) is 85.7 Å². The van der Waals surface area contributed by atoms with Crippen molar-refractivity contribution in [2.75, 3.05) is 0 Å². The van der Waals surface area contributed by atoms with Gasteiger partial charge in [-0.15, -0.1) is 0 Å². The first-order valence-corrected chi connectivity index (χ1v) is 14.4. The maximum absolute atomic E-state index is 2.63. The van der Waals surface area contributed by atoms with E-state index in [-0.39, 0.29) is 5.41 Å². The molecule has 2 aliphatic rings. The van der Waals surface area contributed by atoms with Gasteiger partial charge in [0.05, 0.1) is 0 Å². The van der Waals surface area contributed by atoms with Gasteiger partial charge >= 0.3 is 0 Å². The van der Waals surface area contributed by atoms with Crippen molar-refractivity contribution in [2.45, 2.75) is 112 Å². The van der Waals surface area contributed by atoms with Gasteiger partial charge in [-0.3, -0.25) is 0 Å². The second kappa shape index (κ2) is 10.2. The Balaban J connectivity index is 1.79. The van der Waals surface area contributed by atoms with Gasteiger partial charge in [0.15, 0.2) is 0 Å². The summed E-state index contributed by atoms with van der Waals surface area (Å²) >= 11 is 0. The van der Waals surface area contributed by atoms with Crippen LogP contribution < -0.4 is 0 Å². The topological polar surface area (TPSA) is 0 Å². The Bertz CT molecular complexity index is 991. The molecule has 0 amide bonds. The molecule has 0 N–H and O–H groups in total. The van der Waals surface area contributed by atoms with Crippen molar-refractivity contribution in [3.05, 3.63) is 58.1 Å². The third-order valence-corrected chi connectivity index (χ3v) is 9.99. The number of hydrogen-bond donors (Lipinski definition) is 0. The van der Waals surface area contributed by atoms with E-state index in [1.54, 1.807) is 27.8 Å². The molecular formula is C34H50. The van der Waals surface area contributed by atoms with Gasteiger partial charge in [0.2, 0.25) is 0 Å². The highest BCUT2D eigenvalue weighted by molar-refractivity contribution is 5.79. The Morgan fingerprint density at radius 1 is 0.882 bits per heavy atom. The molecule has 0 heterocycles. The van der Waals surface area contributed by atoms with Crippen molar-refractivity contribution >= 4 is 0 Å². The van der Waals surface area contributed by atoms with E-state index in [0.29, 0.717) is 0 Å². The number of hydrogen-bond acceptors (Lipinski definition) is 0. The van der Waals surface area contributed by atoms with Crippen LogP contribution in [0.1, 0.15) is 108 Å². The van der Waals surface area contributed by atoms with Crippen LogP contribution in [0.4, 0.5) is 0 Å². The molecule has 186 valence electrons. The van der Waals surface area contributed by atoms with Gasteiger partial charge in [-0.2, -0.15) is 0 Å². The van der Waals surface area contributed by atoms with Crippen LogP contribution in [0.25, 0.3) is 11.1 Å². The summed E-state index contributed by atoms with van der Waals surface area (Å²) < 4.78 is 0. The van der Waals surface area contributed by atoms with Crippen molar-refractivity contribution in [1.29, 1.82) is 0 Å². The fraction of sp³-hybridized carbons (Fsp3) is 0.647. The van der Waals surface area contributed by atoms with Crippen LogP contribution in [0.15, 0.2) is 30.3 Å². The molecular weight excluding hydrogens is 408 g/mol. The van der Waals surface area contributed by atoms with Crippen molar-refractivity contribution in [3.63, 3.8) is 0 Å². The summed E-state index contributed by atoms with van der Waals surface area (Å²) in [7, 11) is 0. The second-order valence-electron chi connectivity index (χ2n) is 12.8. The molecule has 2 aliphatic carbocycles. The van der Waals surface area contributed by atoms with E-state index in [4.69, 9.17) is 0 Å². The standard InChI is InChI=1S/C34H50/c1-9-11-12-13-26-17-29(20-28-19-27(10-2)24(5)23(4)25(28)6)33-30(18-26)21-34(7,8)32-15-14-22(3)16-31(32)33/h14-18,23-25,27-28H,9-13,19-21H2,1-8H3. The lowest BCUT2D eigenvalue weighted by Gasteiger charge is -2.44. The number of fused-ring (bicyclic) bond motifs is 3. The zero-order valence-electron chi connectivity index (χ0n) is 23.4.